The first kappa shape index (κ1) is 55.5. The molecule has 0 radical (unpaired) electrons. The lowest BCUT2D eigenvalue weighted by molar-refractivity contribution is 0.0813. The van der Waals surface area contributed by atoms with Crippen molar-refractivity contribution in [3.63, 3.8) is 0 Å². The van der Waals surface area contributed by atoms with Crippen molar-refractivity contribution in [3.05, 3.63) is 70.0 Å². The van der Waals surface area contributed by atoms with Crippen molar-refractivity contribution in [2.24, 2.45) is 0 Å². The van der Waals surface area contributed by atoms with E-state index < -0.39 is 56.9 Å². The molecule has 0 saturated carbocycles. The first-order valence-electron chi connectivity index (χ1n) is 21.3. The van der Waals surface area contributed by atoms with Crippen LogP contribution >= 0.6 is 35.0 Å². The fraction of sp³-hybridized carbons (Fsp3) is 0.476. The molecule has 0 aliphatic heterocycles. The van der Waals surface area contributed by atoms with Gasteiger partial charge in [-0.2, -0.15) is 15.2 Å². The fourth-order valence-corrected chi connectivity index (χ4v) is 10.7. The van der Waals surface area contributed by atoms with Crippen LogP contribution in [0.3, 0.4) is 0 Å². The maximum Gasteiger partial charge on any atom is 0.249 e. The van der Waals surface area contributed by atoms with Gasteiger partial charge in [-0.3, -0.25) is 0 Å². The van der Waals surface area contributed by atoms with Gasteiger partial charge < -0.3 is 9.47 Å². The van der Waals surface area contributed by atoms with Crippen molar-refractivity contribution < 1.29 is 34.7 Å². The molecule has 4 heterocycles. The Morgan fingerprint density at radius 2 is 1.01 bits per heavy atom. The SMILES string of the molecule is CN(C)S(=O)(=O)Cc1nc(S(C)(=O)=O)nc2c1c(-c1ccccc1Cl)nn2COCC[Si](C)(C)C.CSc1nc(CS(=O)(=O)N(C)C)c2c(-c3ccccc3Cl)nn(COCC[Si](C)(C)C)c2n1. The second-order valence-corrected chi connectivity index (χ2v) is 37.8. The third kappa shape index (κ3) is 14.4. The zero-order valence-corrected chi connectivity index (χ0v) is 47.2. The molecule has 18 nitrogen and oxygen atoms in total. The number of sulfonamides is 2. The number of ether oxygens (including phenoxy) is 2. The van der Waals surface area contributed by atoms with Gasteiger partial charge >= 0.3 is 0 Å². The monoisotopic (exact) mass is 1090 g/mol. The summed E-state index contributed by atoms with van der Waals surface area (Å²) < 4.78 is 93.0. The molecule has 0 spiro atoms. The quantitative estimate of drug-likeness (QED) is 0.0308. The second kappa shape index (κ2) is 22.3. The number of rotatable bonds is 20. The molecule has 0 unspecified atom stereocenters. The van der Waals surface area contributed by atoms with Crippen molar-refractivity contribution in [2.45, 2.75) is 86.7 Å². The normalized spacial score (nSPS) is 12.9. The van der Waals surface area contributed by atoms with Crippen LogP contribution in [0.15, 0.2) is 58.8 Å². The maximum atomic E-state index is 12.8. The van der Waals surface area contributed by atoms with Gasteiger partial charge in [-0.25, -0.2) is 58.2 Å². The summed E-state index contributed by atoms with van der Waals surface area (Å²) >= 11 is 14.3. The highest BCUT2D eigenvalue weighted by Crippen LogP contribution is 2.37. The van der Waals surface area contributed by atoms with Crippen LogP contribution in [0.2, 0.25) is 61.4 Å². The molecule has 68 heavy (non-hydrogen) atoms. The van der Waals surface area contributed by atoms with Crippen LogP contribution in [0.5, 0.6) is 0 Å². The van der Waals surface area contributed by atoms with Crippen LogP contribution in [-0.4, -0.2) is 143 Å². The van der Waals surface area contributed by atoms with Crippen molar-refractivity contribution in [2.75, 3.05) is 53.9 Å². The lowest BCUT2D eigenvalue weighted by Gasteiger charge is -2.15. The molecular weight excluding hydrogens is 1030 g/mol. The van der Waals surface area contributed by atoms with Crippen LogP contribution in [0, 0.1) is 0 Å². The van der Waals surface area contributed by atoms with E-state index in [1.165, 1.54) is 48.9 Å². The summed E-state index contributed by atoms with van der Waals surface area (Å²) in [7, 11) is -7.97. The number of aromatic nitrogens is 8. The largest absolute Gasteiger partial charge is 0.359 e. The molecule has 6 aromatic rings. The zero-order chi connectivity index (χ0) is 50.6. The third-order valence-electron chi connectivity index (χ3n) is 10.2. The summed E-state index contributed by atoms with van der Waals surface area (Å²) in [5, 5.41) is 11.2. The van der Waals surface area contributed by atoms with Crippen LogP contribution in [0.25, 0.3) is 44.6 Å². The van der Waals surface area contributed by atoms with E-state index in [0.29, 0.717) is 73.0 Å². The second-order valence-electron chi connectivity index (χ2n) is 18.7. The molecule has 0 N–H and O–H groups in total. The van der Waals surface area contributed by atoms with Gasteiger partial charge in [0.05, 0.1) is 32.2 Å². The number of nitrogens with zero attached hydrogens (tertiary/aromatic N) is 10. The van der Waals surface area contributed by atoms with E-state index in [1.807, 2.05) is 24.5 Å². The molecule has 0 bridgehead atoms. The van der Waals surface area contributed by atoms with E-state index in [1.54, 1.807) is 35.0 Å². The first-order valence-corrected chi connectivity index (χ1v) is 35.8. The number of thioether (sulfide) groups is 1. The van der Waals surface area contributed by atoms with Gasteiger partial charge in [0, 0.05) is 74.9 Å². The Hall–Kier alpha value is -3.41. The van der Waals surface area contributed by atoms with Crippen molar-refractivity contribution in [3.8, 4) is 22.5 Å². The van der Waals surface area contributed by atoms with Gasteiger partial charge in [0.25, 0.3) is 0 Å². The number of benzene rings is 2. The van der Waals surface area contributed by atoms with Crippen molar-refractivity contribution in [1.29, 1.82) is 0 Å². The molecule has 0 fully saturated rings. The van der Waals surface area contributed by atoms with Gasteiger partial charge in [-0.1, -0.05) is 111 Å². The van der Waals surface area contributed by atoms with E-state index in [-0.39, 0.29) is 30.6 Å². The van der Waals surface area contributed by atoms with Gasteiger partial charge in [0.1, 0.15) is 36.4 Å². The van der Waals surface area contributed by atoms with E-state index in [2.05, 4.69) is 64.3 Å². The number of hydrogen-bond acceptors (Lipinski definition) is 15. The Kier molecular flexibility index (Phi) is 18.2. The lowest BCUT2D eigenvalue weighted by atomic mass is 10.1. The summed E-state index contributed by atoms with van der Waals surface area (Å²) in [4.78, 5) is 17.6. The molecule has 372 valence electrons. The molecule has 2 aromatic carbocycles. The van der Waals surface area contributed by atoms with E-state index in [9.17, 15) is 25.3 Å². The summed E-state index contributed by atoms with van der Waals surface area (Å²) in [6, 6.07) is 16.3. The average Bonchev–Trinajstić information content (AvgIpc) is 3.79. The molecule has 0 aliphatic rings. The molecular formula is C42H60Cl2N10O8S4Si2. The Balaban J connectivity index is 0.000000255. The minimum atomic E-state index is -3.85. The fourth-order valence-electron chi connectivity index (χ4n) is 6.23. The summed E-state index contributed by atoms with van der Waals surface area (Å²) in [5.41, 5.74) is 3.22. The molecule has 6 rings (SSSR count). The molecule has 0 saturated heterocycles. The van der Waals surface area contributed by atoms with Crippen LogP contribution in [-0.2, 0) is 64.3 Å². The van der Waals surface area contributed by atoms with Gasteiger partial charge in [0.15, 0.2) is 16.5 Å². The Morgan fingerprint density at radius 1 is 0.618 bits per heavy atom. The first-order chi connectivity index (χ1) is 31.5. The standard InChI is InChI=1S/C21H30ClN5O5S2Si.C21H30ClN5O3S2Si/c1-26(2)34(30,31)13-17-18-19(15-9-7-8-10-16(15)22)25-27(14-32-11-12-35(4,5)6)20(18)24-21(23-17)33(3,28)29;1-26(2)32(28,29)13-17-18-19(15-9-7-8-10-16(15)22)25-27(14-30-11-12-33(4,5)6)20(18)24-21(23-17)31-3/h7-10H,11-14H2,1-6H3;7-10H,11-14H2,1-6H3. The van der Waals surface area contributed by atoms with E-state index in [4.69, 9.17) is 37.8 Å². The molecule has 26 heteroatoms. The van der Waals surface area contributed by atoms with Gasteiger partial charge in [0.2, 0.25) is 35.0 Å². The molecule has 0 amide bonds. The zero-order valence-electron chi connectivity index (χ0n) is 40.4. The van der Waals surface area contributed by atoms with Gasteiger partial charge in [-0.15, -0.1) is 0 Å². The van der Waals surface area contributed by atoms with Gasteiger partial charge in [-0.05, 0) is 30.5 Å². The highest BCUT2D eigenvalue weighted by Gasteiger charge is 2.29. The Morgan fingerprint density at radius 3 is 1.38 bits per heavy atom. The summed E-state index contributed by atoms with van der Waals surface area (Å²) in [5.74, 6) is -0.812. The van der Waals surface area contributed by atoms with E-state index >= 15 is 0 Å². The maximum absolute atomic E-state index is 12.8. The number of fused-ring (bicyclic) bond motifs is 2. The summed E-state index contributed by atoms with van der Waals surface area (Å²) in [6.07, 6.45) is 2.82. The predicted molar refractivity (Wildman–Crippen MR) is 277 cm³/mol. The third-order valence-corrected chi connectivity index (χ3v) is 19.2. The number of halogens is 2. The van der Waals surface area contributed by atoms with E-state index in [0.717, 1.165) is 22.6 Å². The van der Waals surface area contributed by atoms with Crippen LogP contribution in [0.1, 0.15) is 11.4 Å². The predicted octanol–water partition coefficient (Wildman–Crippen LogP) is 7.83. The smallest absolute Gasteiger partial charge is 0.249 e. The number of hydrogen-bond donors (Lipinski definition) is 0. The topological polar surface area (TPSA) is 215 Å². The van der Waals surface area contributed by atoms with Crippen molar-refractivity contribution >= 4 is 103 Å². The number of sulfone groups is 1. The molecule has 4 aromatic heterocycles. The minimum Gasteiger partial charge on any atom is -0.359 e. The summed E-state index contributed by atoms with van der Waals surface area (Å²) in [6.45, 7) is 14.9. The highest BCUT2D eigenvalue weighted by atomic mass is 35.5. The molecule has 0 aliphatic carbocycles. The molecule has 0 atom stereocenters. The Labute approximate surface area is 416 Å². The lowest BCUT2D eigenvalue weighted by Crippen LogP contribution is -2.24. The van der Waals surface area contributed by atoms with Crippen molar-refractivity contribution in [1.82, 2.24) is 48.1 Å². The highest BCUT2D eigenvalue weighted by molar-refractivity contribution is 7.98. The van der Waals surface area contributed by atoms with Crippen LogP contribution < -0.4 is 0 Å². The minimum absolute atomic E-state index is 0.00547. The Bertz CT molecular complexity index is 3110. The average molecular weight is 1090 g/mol. The van der Waals surface area contributed by atoms with Crippen LogP contribution in [0.4, 0.5) is 0 Å².